The van der Waals surface area contributed by atoms with E-state index in [4.69, 9.17) is 0 Å². The molecule has 0 spiro atoms. The number of nitrogens with zero attached hydrogens (tertiary/aromatic N) is 2. The summed E-state index contributed by atoms with van der Waals surface area (Å²) in [5.74, 6) is 0.177. The molecule has 2 heteroatoms. The molecule has 0 bridgehead atoms. The molecule has 11 aromatic carbocycles. The maximum atomic E-state index is 2.58. The van der Waals surface area contributed by atoms with E-state index in [1.165, 1.54) is 92.7 Å². The topological polar surface area (TPSA) is 6.48 Å². The Balaban J connectivity index is 1.20. The molecule has 1 atom stereocenters. The highest BCUT2D eigenvalue weighted by Crippen LogP contribution is 2.46. The normalized spacial score (nSPS) is 14.0. The van der Waals surface area contributed by atoms with Gasteiger partial charge in [0.1, 0.15) is 0 Å². The molecule has 0 N–H and O–H groups in total. The van der Waals surface area contributed by atoms with E-state index in [0.29, 0.717) is 0 Å². The van der Waals surface area contributed by atoms with Gasteiger partial charge < -0.3 is 9.80 Å². The zero-order chi connectivity index (χ0) is 45.0. The molecule has 11 aromatic rings. The van der Waals surface area contributed by atoms with Crippen LogP contribution in [0.3, 0.4) is 0 Å². The summed E-state index contributed by atoms with van der Waals surface area (Å²) in [5, 5.41) is 12.1. The van der Waals surface area contributed by atoms with Gasteiger partial charge in [-0.05, 0) is 134 Å². The fourth-order valence-corrected chi connectivity index (χ4v) is 10.9. The standard InChI is InChI=1S/C66H48N2/c1-3-15-45(16-4-1)55-31-37-61-63(43-55)65(67(57-33-27-47-19-7-11-23-51(47)39-57)58-34-28-48-20-8-12-24-52(48)40-58)62-38-32-56(46-17-5-2-6-18-46)44-64(62)66(61)68(59-35-29-49-21-9-13-25-53(49)41-59)60-36-30-50-22-10-14-26-54(50)42-60/h1-9,11-21,23-31,33-44,56H,10,22,32H2. The third kappa shape index (κ3) is 7.05. The molecule has 0 heterocycles. The van der Waals surface area contributed by atoms with Crippen molar-refractivity contribution in [3.05, 3.63) is 258 Å². The van der Waals surface area contributed by atoms with Gasteiger partial charge in [-0.25, -0.2) is 0 Å². The van der Waals surface area contributed by atoms with Crippen molar-refractivity contribution in [3.8, 4) is 11.1 Å². The van der Waals surface area contributed by atoms with Crippen LogP contribution in [0.2, 0.25) is 0 Å². The van der Waals surface area contributed by atoms with Crippen LogP contribution in [0.5, 0.6) is 0 Å². The van der Waals surface area contributed by atoms with Gasteiger partial charge in [0.25, 0.3) is 0 Å². The molecule has 68 heavy (non-hydrogen) atoms. The maximum absolute atomic E-state index is 2.58. The number of allylic oxidation sites excluding steroid dienone is 1. The van der Waals surface area contributed by atoms with Crippen molar-refractivity contribution in [2.24, 2.45) is 0 Å². The van der Waals surface area contributed by atoms with Crippen LogP contribution in [0.25, 0.3) is 72.4 Å². The monoisotopic (exact) mass is 868 g/mol. The molecule has 0 radical (unpaired) electrons. The van der Waals surface area contributed by atoms with Gasteiger partial charge in [0.15, 0.2) is 0 Å². The van der Waals surface area contributed by atoms with E-state index in [1.807, 2.05) is 0 Å². The van der Waals surface area contributed by atoms with Crippen LogP contribution in [0, 0.1) is 0 Å². The van der Waals surface area contributed by atoms with Gasteiger partial charge in [0, 0.05) is 49.9 Å². The zero-order valence-corrected chi connectivity index (χ0v) is 37.8. The Morgan fingerprint density at radius 1 is 0.382 bits per heavy atom. The van der Waals surface area contributed by atoms with Gasteiger partial charge in [0.05, 0.1) is 11.4 Å². The highest BCUT2D eigenvalue weighted by molar-refractivity contribution is 6.11. The predicted octanol–water partition coefficient (Wildman–Crippen LogP) is 16.6. The Hall–Kier alpha value is -8.46. The van der Waals surface area contributed by atoms with Gasteiger partial charge in [-0.3, -0.25) is 0 Å². The summed E-state index contributed by atoms with van der Waals surface area (Å²) in [5.41, 5.74) is 13.2. The molecule has 2 nitrogen and oxygen atoms in total. The van der Waals surface area contributed by atoms with Crippen molar-refractivity contribution < 1.29 is 0 Å². The third-order valence-electron chi connectivity index (χ3n) is 14.3. The van der Waals surface area contributed by atoms with Crippen molar-refractivity contribution in [2.45, 2.75) is 25.2 Å². The summed E-state index contributed by atoms with van der Waals surface area (Å²) in [6, 6.07) is 83.4. The molecule has 0 saturated carbocycles. The van der Waals surface area contributed by atoms with Crippen molar-refractivity contribution >= 4 is 95.4 Å². The SMILES string of the molecule is C1=Cc2cc(N(c3ccc4ccccc4c3)c3c4c(c(N(c5ccc6ccccc6c5)c5ccc6ccccc6c5)c5cc(-c6ccccc6)ccc35)=CCC(c3ccccc3)C=4)ccc2CC1. The van der Waals surface area contributed by atoms with Crippen LogP contribution in [0.1, 0.15) is 35.4 Å². The molecule has 1 unspecified atom stereocenters. The van der Waals surface area contributed by atoms with Gasteiger partial charge in [0.2, 0.25) is 0 Å². The fourth-order valence-electron chi connectivity index (χ4n) is 10.9. The second kappa shape index (κ2) is 16.8. The average Bonchev–Trinajstić information content (AvgIpc) is 3.41. The van der Waals surface area contributed by atoms with Crippen molar-refractivity contribution in [1.29, 1.82) is 0 Å². The molecule has 322 valence electrons. The predicted molar refractivity (Wildman–Crippen MR) is 291 cm³/mol. The molecule has 0 amide bonds. The second-order valence-electron chi connectivity index (χ2n) is 18.4. The average molecular weight is 869 g/mol. The first-order valence-corrected chi connectivity index (χ1v) is 24.0. The summed E-state index contributed by atoms with van der Waals surface area (Å²) in [6.07, 6.45) is 12.8. The quantitative estimate of drug-likeness (QED) is 0.140. The van der Waals surface area contributed by atoms with E-state index >= 15 is 0 Å². The van der Waals surface area contributed by atoms with Gasteiger partial charge in [-0.2, -0.15) is 0 Å². The van der Waals surface area contributed by atoms with Crippen LogP contribution in [0.15, 0.2) is 231 Å². The van der Waals surface area contributed by atoms with Crippen molar-refractivity contribution in [1.82, 2.24) is 0 Å². The van der Waals surface area contributed by atoms with Crippen LogP contribution in [-0.4, -0.2) is 0 Å². The number of benzene rings is 11. The molecule has 0 aromatic heterocycles. The molecular formula is C66H48N2. The van der Waals surface area contributed by atoms with Crippen LogP contribution in [0.4, 0.5) is 34.1 Å². The largest absolute Gasteiger partial charge is 0.309 e. The molecule has 0 saturated heterocycles. The van der Waals surface area contributed by atoms with E-state index in [9.17, 15) is 0 Å². The lowest BCUT2D eigenvalue weighted by Gasteiger charge is -2.34. The van der Waals surface area contributed by atoms with Gasteiger partial charge in [-0.15, -0.1) is 0 Å². The minimum atomic E-state index is 0.177. The first-order chi connectivity index (χ1) is 33.7. The summed E-state index contributed by atoms with van der Waals surface area (Å²) < 4.78 is 0. The summed E-state index contributed by atoms with van der Waals surface area (Å²) >= 11 is 0. The number of fused-ring (bicyclic) bond motifs is 6. The maximum Gasteiger partial charge on any atom is 0.0616 e. The summed E-state index contributed by atoms with van der Waals surface area (Å²) in [7, 11) is 0. The molecule has 0 aliphatic heterocycles. The zero-order valence-electron chi connectivity index (χ0n) is 37.8. The molecule has 2 aliphatic rings. The first-order valence-electron chi connectivity index (χ1n) is 24.0. The number of rotatable bonds is 8. The lowest BCUT2D eigenvalue weighted by atomic mass is 9.86. The van der Waals surface area contributed by atoms with E-state index in [1.54, 1.807) is 0 Å². The van der Waals surface area contributed by atoms with E-state index in [0.717, 1.165) is 42.0 Å². The lowest BCUT2D eigenvalue weighted by molar-refractivity contribution is 0.920. The van der Waals surface area contributed by atoms with Crippen LogP contribution < -0.4 is 20.2 Å². The summed E-state index contributed by atoms with van der Waals surface area (Å²) in [4.78, 5) is 5.12. The minimum Gasteiger partial charge on any atom is -0.309 e. The van der Waals surface area contributed by atoms with Gasteiger partial charge in [-0.1, -0.05) is 194 Å². The van der Waals surface area contributed by atoms with E-state index in [-0.39, 0.29) is 5.92 Å². The summed E-state index contributed by atoms with van der Waals surface area (Å²) in [6.45, 7) is 0. The van der Waals surface area contributed by atoms with Gasteiger partial charge >= 0.3 is 0 Å². The Kier molecular flexibility index (Phi) is 9.83. The van der Waals surface area contributed by atoms with Crippen LogP contribution in [-0.2, 0) is 6.42 Å². The second-order valence-corrected chi connectivity index (χ2v) is 18.4. The minimum absolute atomic E-state index is 0.177. The first kappa shape index (κ1) is 39.9. The van der Waals surface area contributed by atoms with E-state index in [2.05, 4.69) is 259 Å². The third-order valence-corrected chi connectivity index (χ3v) is 14.3. The Bertz CT molecular complexity index is 3830. The molecule has 0 fully saturated rings. The van der Waals surface area contributed by atoms with Crippen molar-refractivity contribution in [2.75, 3.05) is 9.80 Å². The Labute approximate surface area is 397 Å². The number of aryl methyl sites for hydroxylation is 1. The Morgan fingerprint density at radius 2 is 0.897 bits per heavy atom. The Morgan fingerprint density at radius 3 is 1.50 bits per heavy atom. The van der Waals surface area contributed by atoms with Crippen LogP contribution >= 0.6 is 0 Å². The number of anilines is 6. The lowest BCUT2D eigenvalue weighted by Crippen LogP contribution is -2.37. The van der Waals surface area contributed by atoms with E-state index < -0.39 is 0 Å². The number of hydrogen-bond donors (Lipinski definition) is 0. The molecule has 13 rings (SSSR count). The van der Waals surface area contributed by atoms with Crippen molar-refractivity contribution in [3.63, 3.8) is 0 Å². The highest BCUT2D eigenvalue weighted by Gasteiger charge is 2.28. The molecular weight excluding hydrogens is 821 g/mol. The smallest absolute Gasteiger partial charge is 0.0616 e. The fraction of sp³-hybridized carbons (Fsp3) is 0.0606. The molecule has 2 aliphatic carbocycles. The number of hydrogen-bond acceptors (Lipinski definition) is 2. The highest BCUT2D eigenvalue weighted by atomic mass is 15.2.